The zero-order valence-corrected chi connectivity index (χ0v) is 14.1. The van der Waals surface area contributed by atoms with E-state index < -0.39 is 17.8 Å². The fraction of sp³-hybridized carbons (Fsp3) is 0.111. The lowest BCUT2D eigenvalue weighted by molar-refractivity contribution is -0.137. The molecule has 2 N–H and O–H groups in total. The van der Waals surface area contributed by atoms with E-state index in [0.717, 1.165) is 17.7 Å². The highest BCUT2D eigenvalue weighted by molar-refractivity contribution is 5.98. The van der Waals surface area contributed by atoms with E-state index in [2.05, 4.69) is 25.6 Å². The monoisotopic (exact) mass is 373 g/mol. The molecule has 1 aromatic carbocycles. The molecule has 2 amide bonds. The highest BCUT2D eigenvalue weighted by atomic mass is 19.4. The lowest BCUT2D eigenvalue weighted by Crippen LogP contribution is -2.21. The number of carbonyl (C=O) groups excluding carboxylic acids is 1. The van der Waals surface area contributed by atoms with E-state index in [-0.39, 0.29) is 11.6 Å². The van der Waals surface area contributed by atoms with Gasteiger partial charge in [0.1, 0.15) is 0 Å². The van der Waals surface area contributed by atoms with Crippen molar-refractivity contribution in [3.8, 4) is 11.3 Å². The van der Waals surface area contributed by atoms with Gasteiger partial charge in [-0.05, 0) is 43.3 Å². The second-order valence-electron chi connectivity index (χ2n) is 5.62. The standard InChI is InChI=1S/C18H14F3N5O/c1-11-8-15(12-4-3-7-22-10-12)25-16(23-11)26-17(27)24-14-6-2-5-13(9-14)18(19,20)21/h2-10H,1H3,(H2,23,24,25,26,27). The first-order valence-corrected chi connectivity index (χ1v) is 7.82. The molecule has 0 atom stereocenters. The first-order chi connectivity index (χ1) is 12.8. The number of alkyl halides is 3. The Balaban J connectivity index is 1.76. The predicted molar refractivity (Wildman–Crippen MR) is 94.1 cm³/mol. The fourth-order valence-corrected chi connectivity index (χ4v) is 2.32. The van der Waals surface area contributed by atoms with Crippen LogP contribution in [-0.2, 0) is 6.18 Å². The van der Waals surface area contributed by atoms with Crippen molar-refractivity contribution in [2.45, 2.75) is 13.1 Å². The predicted octanol–water partition coefficient (Wildman–Crippen LogP) is 4.51. The molecule has 0 bridgehead atoms. The largest absolute Gasteiger partial charge is 0.416 e. The van der Waals surface area contributed by atoms with E-state index in [1.165, 1.54) is 12.1 Å². The van der Waals surface area contributed by atoms with E-state index in [1.807, 2.05) is 0 Å². The molecule has 2 aromatic heterocycles. The number of benzene rings is 1. The molecule has 0 saturated carbocycles. The zero-order chi connectivity index (χ0) is 19.4. The Morgan fingerprint density at radius 2 is 1.85 bits per heavy atom. The number of carbonyl (C=O) groups is 1. The smallest absolute Gasteiger partial charge is 0.308 e. The van der Waals surface area contributed by atoms with Gasteiger partial charge in [-0.25, -0.2) is 14.8 Å². The van der Waals surface area contributed by atoms with E-state index in [0.29, 0.717) is 11.4 Å². The maximum atomic E-state index is 12.7. The summed E-state index contributed by atoms with van der Waals surface area (Å²) in [7, 11) is 0. The van der Waals surface area contributed by atoms with Crippen LogP contribution in [0.5, 0.6) is 0 Å². The number of anilines is 2. The van der Waals surface area contributed by atoms with Crippen LogP contribution >= 0.6 is 0 Å². The molecular weight excluding hydrogens is 359 g/mol. The second kappa shape index (κ2) is 7.40. The van der Waals surface area contributed by atoms with Crippen LogP contribution in [0, 0.1) is 6.92 Å². The van der Waals surface area contributed by atoms with Gasteiger partial charge >= 0.3 is 12.2 Å². The maximum absolute atomic E-state index is 12.7. The van der Waals surface area contributed by atoms with Gasteiger partial charge in [-0.3, -0.25) is 10.3 Å². The zero-order valence-electron chi connectivity index (χ0n) is 14.1. The van der Waals surface area contributed by atoms with Crippen LogP contribution in [0.3, 0.4) is 0 Å². The summed E-state index contributed by atoms with van der Waals surface area (Å²) >= 11 is 0. The number of halogens is 3. The van der Waals surface area contributed by atoms with Gasteiger partial charge in [0.25, 0.3) is 0 Å². The van der Waals surface area contributed by atoms with Crippen LogP contribution in [0.1, 0.15) is 11.3 Å². The molecule has 0 unspecified atom stereocenters. The summed E-state index contributed by atoms with van der Waals surface area (Å²) in [6, 6.07) is 8.87. The Bertz CT molecular complexity index is 961. The second-order valence-corrected chi connectivity index (χ2v) is 5.62. The SMILES string of the molecule is Cc1cc(-c2cccnc2)nc(NC(=O)Nc2cccc(C(F)(F)F)c2)n1. The van der Waals surface area contributed by atoms with E-state index in [9.17, 15) is 18.0 Å². The summed E-state index contributed by atoms with van der Waals surface area (Å²) in [6.07, 6.45) is -1.25. The molecule has 0 aliphatic rings. The van der Waals surface area contributed by atoms with Crippen molar-refractivity contribution >= 4 is 17.7 Å². The highest BCUT2D eigenvalue weighted by Crippen LogP contribution is 2.30. The van der Waals surface area contributed by atoms with Crippen molar-refractivity contribution in [3.63, 3.8) is 0 Å². The average molecular weight is 373 g/mol. The van der Waals surface area contributed by atoms with Crippen molar-refractivity contribution in [1.82, 2.24) is 15.0 Å². The topological polar surface area (TPSA) is 79.8 Å². The average Bonchev–Trinajstić information content (AvgIpc) is 2.61. The highest BCUT2D eigenvalue weighted by Gasteiger charge is 2.30. The quantitative estimate of drug-likeness (QED) is 0.708. The van der Waals surface area contributed by atoms with Gasteiger partial charge in [0.05, 0.1) is 11.3 Å². The molecule has 2 heterocycles. The Labute approximate surface area is 152 Å². The number of pyridine rings is 1. The fourth-order valence-electron chi connectivity index (χ4n) is 2.32. The summed E-state index contributed by atoms with van der Waals surface area (Å²) in [5.41, 5.74) is 1.06. The summed E-state index contributed by atoms with van der Waals surface area (Å²) in [4.78, 5) is 24.5. The summed E-state index contributed by atoms with van der Waals surface area (Å²) in [5.74, 6) is 0.0262. The van der Waals surface area contributed by atoms with Gasteiger partial charge in [0.15, 0.2) is 0 Å². The molecule has 3 rings (SSSR count). The summed E-state index contributed by atoms with van der Waals surface area (Å²) in [6.45, 7) is 1.73. The van der Waals surface area contributed by atoms with E-state index >= 15 is 0 Å². The number of aromatic nitrogens is 3. The molecular formula is C18H14F3N5O. The molecule has 138 valence electrons. The molecule has 9 heteroatoms. The van der Waals surface area contributed by atoms with Crippen LogP contribution in [-0.4, -0.2) is 21.0 Å². The number of nitrogens with one attached hydrogen (secondary N) is 2. The Kier molecular flexibility index (Phi) is 5.02. The lowest BCUT2D eigenvalue weighted by atomic mass is 10.2. The number of nitrogens with zero attached hydrogens (tertiary/aromatic N) is 3. The van der Waals surface area contributed by atoms with Crippen LogP contribution in [0.15, 0.2) is 54.9 Å². The molecule has 0 aliphatic heterocycles. The minimum atomic E-state index is -4.49. The van der Waals surface area contributed by atoms with Crippen LogP contribution < -0.4 is 10.6 Å². The Morgan fingerprint density at radius 1 is 1.04 bits per heavy atom. The molecule has 0 spiro atoms. The summed E-state index contributed by atoms with van der Waals surface area (Å²) < 4.78 is 38.2. The summed E-state index contributed by atoms with van der Waals surface area (Å²) in [5, 5.41) is 4.76. The van der Waals surface area contributed by atoms with Crippen molar-refractivity contribution < 1.29 is 18.0 Å². The van der Waals surface area contributed by atoms with Gasteiger partial charge in [-0.2, -0.15) is 13.2 Å². The third-order valence-corrected chi connectivity index (χ3v) is 3.48. The van der Waals surface area contributed by atoms with Crippen molar-refractivity contribution in [1.29, 1.82) is 0 Å². The van der Waals surface area contributed by atoms with Gasteiger partial charge in [0.2, 0.25) is 5.95 Å². The number of aryl methyl sites for hydroxylation is 1. The molecule has 3 aromatic rings. The van der Waals surface area contributed by atoms with Crippen LogP contribution in [0.2, 0.25) is 0 Å². The number of rotatable bonds is 3. The molecule has 0 fully saturated rings. The molecule has 6 nitrogen and oxygen atoms in total. The lowest BCUT2D eigenvalue weighted by Gasteiger charge is -2.11. The number of hydrogen-bond acceptors (Lipinski definition) is 4. The maximum Gasteiger partial charge on any atom is 0.416 e. The molecule has 0 radical (unpaired) electrons. The van der Waals surface area contributed by atoms with Gasteiger partial charge < -0.3 is 5.32 Å². The third-order valence-electron chi connectivity index (χ3n) is 3.48. The van der Waals surface area contributed by atoms with Gasteiger partial charge in [-0.1, -0.05) is 6.07 Å². The number of urea groups is 1. The van der Waals surface area contributed by atoms with Crippen molar-refractivity contribution in [2.75, 3.05) is 10.6 Å². The Morgan fingerprint density at radius 3 is 2.56 bits per heavy atom. The minimum absolute atomic E-state index is 0.00228. The van der Waals surface area contributed by atoms with Gasteiger partial charge in [-0.15, -0.1) is 0 Å². The molecule has 0 saturated heterocycles. The third kappa shape index (κ3) is 4.78. The first-order valence-electron chi connectivity index (χ1n) is 7.82. The van der Waals surface area contributed by atoms with Crippen LogP contribution in [0.25, 0.3) is 11.3 Å². The van der Waals surface area contributed by atoms with E-state index in [1.54, 1.807) is 37.5 Å². The van der Waals surface area contributed by atoms with Crippen molar-refractivity contribution in [2.24, 2.45) is 0 Å². The first kappa shape index (κ1) is 18.3. The van der Waals surface area contributed by atoms with Crippen LogP contribution in [0.4, 0.5) is 29.6 Å². The number of hydrogen-bond donors (Lipinski definition) is 2. The van der Waals surface area contributed by atoms with Gasteiger partial charge in [0, 0.05) is 29.3 Å². The van der Waals surface area contributed by atoms with Crippen molar-refractivity contribution in [3.05, 3.63) is 66.1 Å². The normalized spacial score (nSPS) is 11.1. The molecule has 27 heavy (non-hydrogen) atoms. The Hall–Kier alpha value is -3.49. The minimum Gasteiger partial charge on any atom is -0.308 e. The molecule has 0 aliphatic carbocycles. The number of amides is 2. The van der Waals surface area contributed by atoms with E-state index in [4.69, 9.17) is 0 Å².